The second-order valence-electron chi connectivity index (χ2n) is 3.83. The monoisotopic (exact) mass is 201 g/mol. The Morgan fingerprint density at radius 3 is 2.71 bits per heavy atom. The van der Waals surface area contributed by atoms with Crippen molar-refractivity contribution in [1.82, 2.24) is 5.32 Å². The number of nitrogens with one attached hydrogen (secondary N) is 1. The van der Waals surface area contributed by atoms with Gasteiger partial charge in [0.1, 0.15) is 0 Å². The second-order valence-corrected chi connectivity index (χ2v) is 3.83. The lowest BCUT2D eigenvalue weighted by Gasteiger charge is -2.31. The molecule has 0 aliphatic carbocycles. The molecular formula is C11H23NO2. The van der Waals surface area contributed by atoms with Crippen LogP contribution >= 0.6 is 0 Å². The molecule has 0 aromatic heterocycles. The number of hydrogen-bond acceptors (Lipinski definition) is 3. The van der Waals surface area contributed by atoms with E-state index >= 15 is 0 Å². The molecule has 1 saturated heterocycles. The third-order valence-electron chi connectivity index (χ3n) is 2.55. The molecule has 0 aromatic carbocycles. The van der Waals surface area contributed by atoms with Crippen molar-refractivity contribution >= 4 is 0 Å². The molecule has 3 nitrogen and oxygen atoms in total. The number of hydrogen-bond donors (Lipinski definition) is 1. The Labute approximate surface area is 87.2 Å². The summed E-state index contributed by atoms with van der Waals surface area (Å²) >= 11 is 0. The minimum atomic E-state index is 0.259. The van der Waals surface area contributed by atoms with Crippen LogP contribution in [-0.2, 0) is 9.47 Å². The Kier molecular flexibility index (Phi) is 6.15. The van der Waals surface area contributed by atoms with Crippen molar-refractivity contribution in [1.29, 1.82) is 0 Å². The van der Waals surface area contributed by atoms with Gasteiger partial charge in [-0.25, -0.2) is 0 Å². The van der Waals surface area contributed by atoms with Gasteiger partial charge in [-0.05, 0) is 19.4 Å². The van der Waals surface area contributed by atoms with E-state index in [2.05, 4.69) is 19.2 Å². The van der Waals surface area contributed by atoms with Gasteiger partial charge in [-0.1, -0.05) is 20.3 Å². The smallest absolute Gasteiger partial charge is 0.0962 e. The van der Waals surface area contributed by atoms with Crippen molar-refractivity contribution in [2.45, 2.75) is 45.3 Å². The van der Waals surface area contributed by atoms with Crippen molar-refractivity contribution in [3.8, 4) is 0 Å². The topological polar surface area (TPSA) is 30.5 Å². The molecular weight excluding hydrogens is 178 g/mol. The SMILES string of the molecule is CCCNC(CCC)C1COCCO1. The van der Waals surface area contributed by atoms with Crippen molar-refractivity contribution < 1.29 is 9.47 Å². The molecule has 84 valence electrons. The van der Waals surface area contributed by atoms with E-state index in [0.717, 1.165) is 26.4 Å². The van der Waals surface area contributed by atoms with E-state index in [9.17, 15) is 0 Å². The summed E-state index contributed by atoms with van der Waals surface area (Å²) in [4.78, 5) is 0. The Hall–Kier alpha value is -0.120. The molecule has 0 saturated carbocycles. The number of rotatable bonds is 6. The van der Waals surface area contributed by atoms with Crippen LogP contribution in [0, 0.1) is 0 Å². The largest absolute Gasteiger partial charge is 0.376 e. The normalized spacial score (nSPS) is 24.9. The highest BCUT2D eigenvalue weighted by Crippen LogP contribution is 2.10. The van der Waals surface area contributed by atoms with Crippen LogP contribution in [0.1, 0.15) is 33.1 Å². The molecule has 1 aliphatic rings. The van der Waals surface area contributed by atoms with Crippen molar-refractivity contribution in [2.75, 3.05) is 26.4 Å². The van der Waals surface area contributed by atoms with E-state index in [0.29, 0.717) is 6.04 Å². The molecule has 14 heavy (non-hydrogen) atoms. The maximum Gasteiger partial charge on any atom is 0.0962 e. The van der Waals surface area contributed by atoms with Crippen LogP contribution in [0.5, 0.6) is 0 Å². The van der Waals surface area contributed by atoms with Crippen LogP contribution in [0.2, 0.25) is 0 Å². The fraction of sp³-hybridized carbons (Fsp3) is 1.00. The van der Waals surface area contributed by atoms with E-state index in [1.807, 2.05) is 0 Å². The van der Waals surface area contributed by atoms with Gasteiger partial charge in [0.15, 0.2) is 0 Å². The van der Waals surface area contributed by atoms with Gasteiger partial charge in [-0.3, -0.25) is 0 Å². The first-order valence-corrected chi connectivity index (χ1v) is 5.81. The van der Waals surface area contributed by atoms with Crippen molar-refractivity contribution in [3.63, 3.8) is 0 Å². The highest BCUT2D eigenvalue weighted by molar-refractivity contribution is 4.78. The summed E-state index contributed by atoms with van der Waals surface area (Å²) < 4.78 is 11.1. The zero-order valence-corrected chi connectivity index (χ0v) is 9.42. The average Bonchev–Trinajstić information content (AvgIpc) is 2.25. The Bertz CT molecular complexity index is 135. The molecule has 0 amide bonds. The van der Waals surface area contributed by atoms with Gasteiger partial charge in [-0.2, -0.15) is 0 Å². The van der Waals surface area contributed by atoms with Crippen LogP contribution < -0.4 is 5.32 Å². The fourth-order valence-electron chi connectivity index (χ4n) is 1.80. The van der Waals surface area contributed by atoms with E-state index < -0.39 is 0 Å². The summed E-state index contributed by atoms with van der Waals surface area (Å²) in [5.74, 6) is 0. The molecule has 2 atom stereocenters. The first kappa shape index (κ1) is 12.0. The molecule has 0 radical (unpaired) electrons. The minimum absolute atomic E-state index is 0.259. The van der Waals surface area contributed by atoms with E-state index in [1.165, 1.54) is 19.3 Å². The lowest BCUT2D eigenvalue weighted by molar-refractivity contribution is -0.102. The standard InChI is InChI=1S/C11H23NO2/c1-3-5-10(12-6-4-2)11-9-13-7-8-14-11/h10-12H,3-9H2,1-2H3. The van der Waals surface area contributed by atoms with E-state index in [-0.39, 0.29) is 6.10 Å². The van der Waals surface area contributed by atoms with Gasteiger partial charge in [0.25, 0.3) is 0 Å². The van der Waals surface area contributed by atoms with Gasteiger partial charge >= 0.3 is 0 Å². The van der Waals surface area contributed by atoms with Crippen LogP contribution in [0.15, 0.2) is 0 Å². The molecule has 0 spiro atoms. The Morgan fingerprint density at radius 2 is 2.14 bits per heavy atom. The van der Waals surface area contributed by atoms with Gasteiger partial charge in [0.2, 0.25) is 0 Å². The first-order valence-electron chi connectivity index (χ1n) is 5.81. The quantitative estimate of drug-likeness (QED) is 0.707. The molecule has 1 aliphatic heterocycles. The number of ether oxygens (including phenoxy) is 2. The lowest BCUT2D eigenvalue weighted by Crippen LogP contribution is -2.46. The summed E-state index contributed by atoms with van der Waals surface area (Å²) in [7, 11) is 0. The van der Waals surface area contributed by atoms with Gasteiger partial charge < -0.3 is 14.8 Å². The molecule has 0 aromatic rings. The van der Waals surface area contributed by atoms with Crippen LogP contribution in [0.3, 0.4) is 0 Å². The zero-order valence-electron chi connectivity index (χ0n) is 9.42. The zero-order chi connectivity index (χ0) is 10.2. The summed E-state index contributed by atoms with van der Waals surface area (Å²) in [6, 6.07) is 0.472. The summed E-state index contributed by atoms with van der Waals surface area (Å²) in [6.45, 7) is 7.73. The molecule has 1 rings (SSSR count). The van der Waals surface area contributed by atoms with E-state index in [4.69, 9.17) is 9.47 Å². The predicted molar refractivity (Wildman–Crippen MR) is 57.5 cm³/mol. The van der Waals surface area contributed by atoms with Gasteiger partial charge in [0.05, 0.1) is 25.9 Å². The first-order chi connectivity index (χ1) is 6.88. The second kappa shape index (κ2) is 7.21. The molecule has 2 unspecified atom stereocenters. The third kappa shape index (κ3) is 3.95. The molecule has 1 fully saturated rings. The summed E-state index contributed by atoms with van der Waals surface area (Å²) in [6.07, 6.45) is 3.80. The van der Waals surface area contributed by atoms with Crippen LogP contribution in [0.25, 0.3) is 0 Å². The maximum absolute atomic E-state index is 5.70. The van der Waals surface area contributed by atoms with E-state index in [1.54, 1.807) is 0 Å². The molecule has 3 heteroatoms. The lowest BCUT2D eigenvalue weighted by atomic mass is 10.1. The van der Waals surface area contributed by atoms with Crippen molar-refractivity contribution in [2.24, 2.45) is 0 Å². The molecule has 1 N–H and O–H groups in total. The molecule has 0 bridgehead atoms. The predicted octanol–water partition coefficient (Wildman–Crippen LogP) is 1.57. The average molecular weight is 201 g/mol. The van der Waals surface area contributed by atoms with Crippen LogP contribution in [-0.4, -0.2) is 38.5 Å². The van der Waals surface area contributed by atoms with Crippen LogP contribution in [0.4, 0.5) is 0 Å². The summed E-state index contributed by atoms with van der Waals surface area (Å²) in [5, 5.41) is 3.54. The maximum atomic E-state index is 5.70. The van der Waals surface area contributed by atoms with Gasteiger partial charge in [0, 0.05) is 6.04 Å². The summed E-state index contributed by atoms with van der Waals surface area (Å²) in [5.41, 5.74) is 0. The van der Waals surface area contributed by atoms with Crippen molar-refractivity contribution in [3.05, 3.63) is 0 Å². The fourth-order valence-corrected chi connectivity index (χ4v) is 1.80. The minimum Gasteiger partial charge on any atom is -0.376 e. The molecule has 1 heterocycles. The highest BCUT2D eigenvalue weighted by atomic mass is 16.6. The van der Waals surface area contributed by atoms with Gasteiger partial charge in [-0.15, -0.1) is 0 Å². The third-order valence-corrected chi connectivity index (χ3v) is 2.55. The highest BCUT2D eigenvalue weighted by Gasteiger charge is 2.23. The Balaban J connectivity index is 2.30. The Morgan fingerprint density at radius 1 is 1.29 bits per heavy atom.